The molecule has 2 nitrogen and oxygen atoms in total. The summed E-state index contributed by atoms with van der Waals surface area (Å²) in [7, 11) is -2.96. The molecule has 58 heavy (non-hydrogen) atoms. The lowest BCUT2D eigenvalue weighted by atomic mass is 10.1. The Morgan fingerprint density at radius 1 is 0.310 bits per heavy atom. The van der Waals surface area contributed by atoms with Crippen LogP contribution in [0.5, 0.6) is 0 Å². The van der Waals surface area contributed by atoms with Crippen molar-refractivity contribution >= 4 is 104 Å². The summed E-state index contributed by atoms with van der Waals surface area (Å²) in [5, 5.41) is 13.3. The molecular weight excluding hydrogens is 737 g/mol. The molecule has 0 aliphatic rings. The molecule has 0 fully saturated rings. The second-order valence-corrected chi connectivity index (χ2v) is 20.1. The first kappa shape index (κ1) is 33.2. The molecule has 0 spiro atoms. The van der Waals surface area contributed by atoms with Gasteiger partial charge in [-0.1, -0.05) is 158 Å². The molecule has 0 amide bonds. The number of nitrogens with zero attached hydrogens (tertiary/aromatic N) is 2. The second kappa shape index (κ2) is 13.0. The van der Waals surface area contributed by atoms with Gasteiger partial charge in [-0.25, -0.2) is 0 Å². The van der Waals surface area contributed by atoms with Gasteiger partial charge in [-0.15, -0.1) is 11.3 Å². The van der Waals surface area contributed by atoms with Crippen molar-refractivity contribution in [3.8, 4) is 11.4 Å². The Balaban J connectivity index is 1.19. The number of para-hydroxylation sites is 3. The minimum atomic E-state index is -2.96. The first-order valence-electron chi connectivity index (χ1n) is 19.9. The van der Waals surface area contributed by atoms with Crippen LogP contribution in [0.3, 0.4) is 0 Å². The molecule has 0 radical (unpaired) electrons. The number of rotatable bonds is 6. The van der Waals surface area contributed by atoms with E-state index in [1.807, 2.05) is 11.3 Å². The molecule has 3 aromatic heterocycles. The number of aromatic nitrogens is 2. The maximum absolute atomic E-state index is 2.96. The smallest absolute Gasteiger partial charge is 0.180 e. The van der Waals surface area contributed by atoms with Gasteiger partial charge in [0, 0.05) is 53.1 Å². The number of thiophene rings is 1. The van der Waals surface area contributed by atoms with Crippen LogP contribution in [0.25, 0.3) is 75.2 Å². The molecule has 0 unspecified atom stereocenters. The van der Waals surface area contributed by atoms with E-state index in [0.717, 1.165) is 5.69 Å². The number of benzene rings is 9. The third kappa shape index (κ3) is 4.76. The molecule has 0 atom stereocenters. The third-order valence-corrected chi connectivity index (χ3v) is 18.2. The fourth-order valence-electron chi connectivity index (χ4n) is 9.87. The van der Waals surface area contributed by atoms with Gasteiger partial charge in [0.1, 0.15) is 0 Å². The van der Waals surface area contributed by atoms with Crippen LogP contribution >= 0.6 is 11.3 Å². The Morgan fingerprint density at radius 2 is 0.845 bits per heavy atom. The molecule has 9 aromatic carbocycles. The van der Waals surface area contributed by atoms with Gasteiger partial charge in [0.05, 0.1) is 22.1 Å². The van der Waals surface area contributed by atoms with Gasteiger partial charge in [0.25, 0.3) is 0 Å². The van der Waals surface area contributed by atoms with Gasteiger partial charge in [-0.05, 0) is 81.4 Å². The SMILES string of the molecule is c1ccc(-n2c3ccccc3c3cc(-n4c5ccccc5c5ccc([Si](c6ccccc6)(c6ccccc6)c6cccc7sc8ccccc8c67)cc54)ccc32)cc1. The first-order valence-corrected chi connectivity index (χ1v) is 22.8. The van der Waals surface area contributed by atoms with Crippen molar-refractivity contribution in [2.24, 2.45) is 0 Å². The summed E-state index contributed by atoms with van der Waals surface area (Å²) in [6.45, 7) is 0. The van der Waals surface area contributed by atoms with Crippen molar-refractivity contribution in [2.45, 2.75) is 0 Å². The number of hydrogen-bond donors (Lipinski definition) is 0. The van der Waals surface area contributed by atoms with E-state index >= 15 is 0 Å². The molecule has 0 bridgehead atoms. The van der Waals surface area contributed by atoms with Crippen LogP contribution in [0, 0.1) is 0 Å². The average Bonchev–Trinajstić information content (AvgIpc) is 3.95. The van der Waals surface area contributed by atoms with Gasteiger partial charge in [0.15, 0.2) is 8.07 Å². The van der Waals surface area contributed by atoms with E-state index < -0.39 is 8.07 Å². The van der Waals surface area contributed by atoms with E-state index in [2.05, 4.69) is 228 Å². The molecule has 3 heterocycles. The summed E-state index contributed by atoms with van der Waals surface area (Å²) < 4.78 is 7.57. The second-order valence-electron chi connectivity index (χ2n) is 15.2. The van der Waals surface area contributed by atoms with E-state index in [4.69, 9.17) is 0 Å². The average molecular weight is 773 g/mol. The summed E-state index contributed by atoms with van der Waals surface area (Å²) in [5.74, 6) is 0. The fraction of sp³-hybridized carbons (Fsp3) is 0. The Morgan fingerprint density at radius 3 is 1.55 bits per heavy atom. The predicted octanol–water partition coefficient (Wildman–Crippen LogP) is 11.6. The number of hydrogen-bond acceptors (Lipinski definition) is 1. The van der Waals surface area contributed by atoms with E-state index in [-0.39, 0.29) is 0 Å². The highest BCUT2D eigenvalue weighted by atomic mass is 32.1. The summed E-state index contributed by atoms with van der Waals surface area (Å²) in [6, 6.07) is 81.6. The third-order valence-electron chi connectivity index (χ3n) is 12.3. The Labute approximate surface area is 341 Å². The van der Waals surface area contributed by atoms with Crippen LogP contribution in [-0.4, -0.2) is 17.2 Å². The van der Waals surface area contributed by atoms with Crippen LogP contribution < -0.4 is 20.7 Å². The Hall–Kier alpha value is -6.98. The van der Waals surface area contributed by atoms with Gasteiger partial charge >= 0.3 is 0 Å². The van der Waals surface area contributed by atoms with E-state index in [9.17, 15) is 0 Å². The summed E-state index contributed by atoms with van der Waals surface area (Å²) in [5.41, 5.74) is 7.16. The lowest BCUT2D eigenvalue weighted by molar-refractivity contribution is 1.17. The highest BCUT2D eigenvalue weighted by Gasteiger charge is 2.43. The van der Waals surface area contributed by atoms with E-state index in [1.165, 1.54) is 90.2 Å². The zero-order valence-corrected chi connectivity index (χ0v) is 33.4. The molecule has 12 rings (SSSR count). The van der Waals surface area contributed by atoms with Crippen molar-refractivity contribution < 1.29 is 0 Å². The highest BCUT2D eigenvalue weighted by molar-refractivity contribution is 7.27. The molecule has 4 heteroatoms. The fourth-order valence-corrected chi connectivity index (χ4v) is 16.1. The standard InChI is InChI=1S/C54H36N2SSi/c1-4-17-37(18-5-1)55-48-27-14-11-24-43(48)46-35-38(31-34-49(46)55)56-47-26-13-10-23-42(47)44-33-32-41(36-50(44)56)58(39-19-6-2-7-20-39,40-21-8-3-9-22-40)53-30-16-29-52-54(53)45-25-12-15-28-51(45)57-52/h1-36H. The topological polar surface area (TPSA) is 9.86 Å². The van der Waals surface area contributed by atoms with Crippen molar-refractivity contribution in [3.05, 3.63) is 218 Å². The van der Waals surface area contributed by atoms with Crippen LogP contribution in [0.15, 0.2) is 218 Å². The van der Waals surface area contributed by atoms with Crippen LogP contribution in [0.2, 0.25) is 0 Å². The van der Waals surface area contributed by atoms with Crippen molar-refractivity contribution in [1.82, 2.24) is 9.13 Å². The molecular formula is C54H36N2SSi. The van der Waals surface area contributed by atoms with Crippen molar-refractivity contribution in [2.75, 3.05) is 0 Å². The first-order chi connectivity index (χ1) is 28.8. The molecule has 12 aromatic rings. The molecule has 272 valence electrons. The lowest BCUT2D eigenvalue weighted by Crippen LogP contribution is -2.74. The van der Waals surface area contributed by atoms with E-state index in [0.29, 0.717) is 0 Å². The van der Waals surface area contributed by atoms with Crippen LogP contribution in [-0.2, 0) is 0 Å². The Bertz CT molecular complexity index is 3470. The van der Waals surface area contributed by atoms with Gasteiger partial charge in [-0.2, -0.15) is 0 Å². The maximum atomic E-state index is 2.55. The van der Waals surface area contributed by atoms with Crippen molar-refractivity contribution in [1.29, 1.82) is 0 Å². The zero-order valence-electron chi connectivity index (χ0n) is 31.6. The highest BCUT2D eigenvalue weighted by Crippen LogP contribution is 2.38. The summed E-state index contributed by atoms with van der Waals surface area (Å²) in [4.78, 5) is 0. The monoisotopic (exact) mass is 772 g/mol. The van der Waals surface area contributed by atoms with Crippen LogP contribution in [0.4, 0.5) is 0 Å². The minimum Gasteiger partial charge on any atom is -0.309 e. The minimum absolute atomic E-state index is 1.16. The maximum Gasteiger partial charge on any atom is 0.180 e. The van der Waals surface area contributed by atoms with Gasteiger partial charge in [-0.3, -0.25) is 0 Å². The Kier molecular flexibility index (Phi) is 7.46. The largest absolute Gasteiger partial charge is 0.309 e. The van der Waals surface area contributed by atoms with Gasteiger partial charge in [0.2, 0.25) is 0 Å². The molecule has 0 N–H and O–H groups in total. The van der Waals surface area contributed by atoms with Gasteiger partial charge < -0.3 is 9.13 Å². The molecule has 0 saturated heterocycles. The molecule has 0 aliphatic heterocycles. The van der Waals surface area contributed by atoms with Crippen LogP contribution in [0.1, 0.15) is 0 Å². The lowest BCUT2D eigenvalue weighted by Gasteiger charge is -2.35. The quantitative estimate of drug-likeness (QED) is 0.118. The summed E-state index contributed by atoms with van der Waals surface area (Å²) >= 11 is 1.90. The van der Waals surface area contributed by atoms with E-state index in [1.54, 1.807) is 0 Å². The number of fused-ring (bicyclic) bond motifs is 9. The normalized spacial score (nSPS) is 12.1. The molecule has 0 aliphatic carbocycles. The predicted molar refractivity (Wildman–Crippen MR) is 252 cm³/mol. The zero-order chi connectivity index (χ0) is 38.2. The summed E-state index contributed by atoms with van der Waals surface area (Å²) in [6.07, 6.45) is 0. The molecule has 0 saturated carbocycles. The van der Waals surface area contributed by atoms with Crippen molar-refractivity contribution in [3.63, 3.8) is 0 Å².